The van der Waals surface area contributed by atoms with E-state index in [-0.39, 0.29) is 11.9 Å². The van der Waals surface area contributed by atoms with Crippen molar-refractivity contribution >= 4 is 5.91 Å². The molecule has 1 N–H and O–H groups in total. The zero-order valence-electron chi connectivity index (χ0n) is 12.6. The molecule has 0 fully saturated rings. The van der Waals surface area contributed by atoms with Gasteiger partial charge in [-0.25, -0.2) is 0 Å². The van der Waals surface area contributed by atoms with Crippen LogP contribution in [0.25, 0.3) is 0 Å². The summed E-state index contributed by atoms with van der Waals surface area (Å²) in [5.41, 5.74) is 5.66. The van der Waals surface area contributed by atoms with Crippen molar-refractivity contribution in [3.05, 3.63) is 70.3 Å². The number of hydrogen-bond donors (Lipinski definition) is 1. The Bertz CT molecular complexity index is 675. The molecule has 108 valence electrons. The van der Waals surface area contributed by atoms with Crippen LogP contribution in [0.1, 0.15) is 51.5 Å². The second kappa shape index (κ2) is 5.72. The van der Waals surface area contributed by atoms with E-state index in [1.807, 2.05) is 26.0 Å². The van der Waals surface area contributed by atoms with Crippen molar-refractivity contribution in [1.29, 1.82) is 0 Å². The molecule has 1 aliphatic rings. The lowest BCUT2D eigenvalue weighted by molar-refractivity contribution is 0.0932. The maximum absolute atomic E-state index is 12.5. The summed E-state index contributed by atoms with van der Waals surface area (Å²) >= 11 is 0. The number of carbonyl (C=O) groups is 1. The minimum Gasteiger partial charge on any atom is -0.345 e. The fourth-order valence-corrected chi connectivity index (χ4v) is 3.21. The molecule has 0 heterocycles. The zero-order chi connectivity index (χ0) is 14.8. The van der Waals surface area contributed by atoms with E-state index in [4.69, 9.17) is 0 Å². The first-order valence-electron chi connectivity index (χ1n) is 7.61. The van der Waals surface area contributed by atoms with Crippen LogP contribution in [0.15, 0.2) is 42.5 Å². The van der Waals surface area contributed by atoms with Crippen LogP contribution in [0.3, 0.4) is 0 Å². The van der Waals surface area contributed by atoms with Gasteiger partial charge in [-0.15, -0.1) is 0 Å². The highest BCUT2D eigenvalue weighted by molar-refractivity contribution is 5.96. The van der Waals surface area contributed by atoms with E-state index in [0.29, 0.717) is 0 Å². The molecule has 0 aliphatic heterocycles. The lowest BCUT2D eigenvalue weighted by Gasteiger charge is -2.26. The average Bonchev–Trinajstić information content (AvgIpc) is 2.47. The first kappa shape index (κ1) is 13.9. The van der Waals surface area contributed by atoms with Crippen molar-refractivity contribution in [1.82, 2.24) is 5.32 Å². The third-order valence-electron chi connectivity index (χ3n) is 4.30. The Labute approximate surface area is 126 Å². The number of amides is 1. The molecule has 2 aromatic rings. The third kappa shape index (κ3) is 2.85. The summed E-state index contributed by atoms with van der Waals surface area (Å²) in [5, 5.41) is 3.21. The molecule has 2 aromatic carbocycles. The van der Waals surface area contributed by atoms with Gasteiger partial charge in [0.1, 0.15) is 0 Å². The van der Waals surface area contributed by atoms with Gasteiger partial charge in [-0.2, -0.15) is 0 Å². The SMILES string of the molecule is Cc1ccc(C(=O)N[C@@H]2CCCc3ccccc32)c(C)c1. The topological polar surface area (TPSA) is 29.1 Å². The number of nitrogens with one attached hydrogen (secondary N) is 1. The smallest absolute Gasteiger partial charge is 0.252 e. The van der Waals surface area contributed by atoms with Crippen molar-refractivity contribution in [3.63, 3.8) is 0 Å². The fourth-order valence-electron chi connectivity index (χ4n) is 3.21. The molecule has 0 bridgehead atoms. The Morgan fingerprint density at radius 2 is 1.95 bits per heavy atom. The molecular weight excluding hydrogens is 258 g/mol. The predicted octanol–water partition coefficient (Wildman–Crippen LogP) is 4.11. The van der Waals surface area contributed by atoms with Gasteiger partial charge in [0, 0.05) is 5.56 Å². The second-order valence-electron chi connectivity index (χ2n) is 5.94. The molecular formula is C19H21NO. The van der Waals surface area contributed by atoms with Crippen molar-refractivity contribution in [2.24, 2.45) is 0 Å². The molecule has 0 unspecified atom stereocenters. The summed E-state index contributed by atoms with van der Waals surface area (Å²) in [6, 6.07) is 14.6. The van der Waals surface area contributed by atoms with Crippen molar-refractivity contribution in [2.45, 2.75) is 39.2 Å². The minimum absolute atomic E-state index is 0.0363. The monoisotopic (exact) mass is 279 g/mol. The van der Waals surface area contributed by atoms with E-state index in [9.17, 15) is 4.79 Å². The maximum Gasteiger partial charge on any atom is 0.252 e. The van der Waals surface area contributed by atoms with E-state index in [0.717, 1.165) is 30.4 Å². The number of rotatable bonds is 2. The number of benzene rings is 2. The Balaban J connectivity index is 1.83. The van der Waals surface area contributed by atoms with E-state index in [2.05, 4.69) is 35.6 Å². The van der Waals surface area contributed by atoms with Gasteiger partial charge in [-0.1, -0.05) is 42.0 Å². The van der Waals surface area contributed by atoms with Gasteiger partial charge in [0.25, 0.3) is 5.91 Å². The fraction of sp³-hybridized carbons (Fsp3) is 0.316. The van der Waals surface area contributed by atoms with Crippen LogP contribution in [0.5, 0.6) is 0 Å². The van der Waals surface area contributed by atoms with Gasteiger partial charge in [0.15, 0.2) is 0 Å². The van der Waals surface area contributed by atoms with Crippen LogP contribution < -0.4 is 5.32 Å². The molecule has 0 radical (unpaired) electrons. The van der Waals surface area contributed by atoms with Gasteiger partial charge in [-0.3, -0.25) is 4.79 Å². The lowest BCUT2D eigenvalue weighted by atomic mass is 9.87. The summed E-state index contributed by atoms with van der Waals surface area (Å²) in [6.07, 6.45) is 3.27. The highest BCUT2D eigenvalue weighted by Crippen LogP contribution is 2.29. The molecule has 1 atom stereocenters. The molecule has 1 aliphatic carbocycles. The maximum atomic E-state index is 12.5. The summed E-state index contributed by atoms with van der Waals surface area (Å²) in [5.74, 6) is 0.0363. The van der Waals surface area contributed by atoms with Crippen LogP contribution in [-0.2, 0) is 6.42 Å². The van der Waals surface area contributed by atoms with E-state index in [1.165, 1.54) is 16.7 Å². The summed E-state index contributed by atoms with van der Waals surface area (Å²) in [7, 11) is 0. The first-order valence-corrected chi connectivity index (χ1v) is 7.61. The molecule has 0 spiro atoms. The second-order valence-corrected chi connectivity index (χ2v) is 5.94. The third-order valence-corrected chi connectivity index (χ3v) is 4.30. The van der Waals surface area contributed by atoms with Crippen LogP contribution >= 0.6 is 0 Å². The minimum atomic E-state index is 0.0363. The van der Waals surface area contributed by atoms with Gasteiger partial charge in [0.2, 0.25) is 0 Å². The van der Waals surface area contributed by atoms with Gasteiger partial charge in [0.05, 0.1) is 6.04 Å². The normalized spacial score (nSPS) is 17.1. The Hall–Kier alpha value is -2.09. The first-order chi connectivity index (χ1) is 10.1. The molecule has 2 nitrogen and oxygen atoms in total. The average molecular weight is 279 g/mol. The molecule has 0 saturated heterocycles. The molecule has 2 heteroatoms. The van der Waals surface area contributed by atoms with Crippen LogP contribution in [0.4, 0.5) is 0 Å². The van der Waals surface area contributed by atoms with E-state index >= 15 is 0 Å². The highest BCUT2D eigenvalue weighted by atomic mass is 16.1. The van der Waals surface area contributed by atoms with Crippen LogP contribution in [0.2, 0.25) is 0 Å². The molecule has 3 rings (SSSR count). The Morgan fingerprint density at radius 1 is 1.14 bits per heavy atom. The Kier molecular flexibility index (Phi) is 3.78. The van der Waals surface area contributed by atoms with Crippen molar-refractivity contribution in [3.8, 4) is 0 Å². The summed E-state index contributed by atoms with van der Waals surface area (Å²) < 4.78 is 0. The lowest BCUT2D eigenvalue weighted by Crippen LogP contribution is -2.31. The number of aryl methyl sites for hydroxylation is 3. The highest BCUT2D eigenvalue weighted by Gasteiger charge is 2.22. The number of hydrogen-bond acceptors (Lipinski definition) is 1. The van der Waals surface area contributed by atoms with Crippen molar-refractivity contribution < 1.29 is 4.79 Å². The van der Waals surface area contributed by atoms with E-state index < -0.39 is 0 Å². The standard InChI is InChI=1S/C19H21NO/c1-13-10-11-16(14(2)12-13)19(21)20-18-9-5-7-15-6-3-4-8-17(15)18/h3-4,6,8,10-12,18H,5,7,9H2,1-2H3,(H,20,21)/t18-/m1/s1. The molecule has 1 amide bonds. The van der Waals surface area contributed by atoms with Crippen LogP contribution in [0, 0.1) is 13.8 Å². The zero-order valence-corrected chi connectivity index (χ0v) is 12.6. The quantitative estimate of drug-likeness (QED) is 0.880. The predicted molar refractivity (Wildman–Crippen MR) is 85.5 cm³/mol. The van der Waals surface area contributed by atoms with Gasteiger partial charge < -0.3 is 5.32 Å². The summed E-state index contributed by atoms with van der Waals surface area (Å²) in [6.45, 7) is 4.04. The van der Waals surface area contributed by atoms with Crippen molar-refractivity contribution in [2.75, 3.05) is 0 Å². The molecule has 21 heavy (non-hydrogen) atoms. The largest absolute Gasteiger partial charge is 0.345 e. The molecule has 0 aromatic heterocycles. The van der Waals surface area contributed by atoms with Crippen LogP contribution in [-0.4, -0.2) is 5.91 Å². The van der Waals surface area contributed by atoms with Gasteiger partial charge in [-0.05, 0) is 55.9 Å². The molecule has 0 saturated carbocycles. The number of carbonyl (C=O) groups excluding carboxylic acids is 1. The number of fused-ring (bicyclic) bond motifs is 1. The summed E-state index contributed by atoms with van der Waals surface area (Å²) in [4.78, 5) is 12.5. The van der Waals surface area contributed by atoms with Gasteiger partial charge >= 0.3 is 0 Å². The van der Waals surface area contributed by atoms with E-state index in [1.54, 1.807) is 0 Å². The Morgan fingerprint density at radius 3 is 2.76 bits per heavy atom.